The molecule has 226 valence electrons. The number of hydrogen-bond acceptors (Lipinski definition) is 8. The Bertz CT molecular complexity index is 1380. The van der Waals surface area contributed by atoms with Gasteiger partial charge in [-0.25, -0.2) is 9.59 Å². The monoisotopic (exact) mass is 578 g/mol. The lowest BCUT2D eigenvalue weighted by Gasteiger charge is -2.15. The Labute approximate surface area is 247 Å². The Morgan fingerprint density at radius 1 is 0.595 bits per heavy atom. The van der Waals surface area contributed by atoms with Crippen molar-refractivity contribution in [1.29, 1.82) is 0 Å². The lowest BCUT2D eigenvalue weighted by atomic mass is 10.00. The predicted molar refractivity (Wildman–Crippen MR) is 161 cm³/mol. The van der Waals surface area contributed by atoms with Gasteiger partial charge in [-0.3, -0.25) is 0 Å². The molecule has 3 rings (SSSR count). The predicted octanol–water partition coefficient (Wildman–Crippen LogP) is 7.67. The number of ether oxygens (including phenoxy) is 3. The maximum absolute atomic E-state index is 13.3. The van der Waals surface area contributed by atoms with Gasteiger partial charge in [0.25, 0.3) is 0 Å². The summed E-state index contributed by atoms with van der Waals surface area (Å²) in [5, 5.41) is 31.2. The SMILES string of the molecule is CCCCCc1cc(OC(=O)c2c(O)cc(OC)cc2CCC)cc(OC(=O)c2c(O)cc(O)cc2CCCCC)c1. The number of aromatic hydroxyl groups is 3. The van der Waals surface area contributed by atoms with Crippen LogP contribution in [-0.4, -0.2) is 34.4 Å². The van der Waals surface area contributed by atoms with Crippen LogP contribution in [0.25, 0.3) is 0 Å². The molecule has 0 fully saturated rings. The number of hydrogen-bond donors (Lipinski definition) is 3. The van der Waals surface area contributed by atoms with Crippen LogP contribution in [0, 0.1) is 0 Å². The highest BCUT2D eigenvalue weighted by Crippen LogP contribution is 2.33. The van der Waals surface area contributed by atoms with E-state index in [0.717, 1.165) is 56.6 Å². The van der Waals surface area contributed by atoms with Crippen LogP contribution in [0.3, 0.4) is 0 Å². The van der Waals surface area contributed by atoms with E-state index in [-0.39, 0.29) is 39.9 Å². The first kappa shape index (κ1) is 32.3. The maximum Gasteiger partial charge on any atom is 0.347 e. The van der Waals surface area contributed by atoms with Crippen LogP contribution in [-0.2, 0) is 19.3 Å². The van der Waals surface area contributed by atoms with E-state index in [1.165, 1.54) is 25.3 Å². The minimum atomic E-state index is -0.778. The van der Waals surface area contributed by atoms with Crippen molar-refractivity contribution in [2.45, 2.75) is 85.0 Å². The molecule has 0 aliphatic carbocycles. The van der Waals surface area contributed by atoms with Crippen LogP contribution in [0.1, 0.15) is 103 Å². The molecule has 0 radical (unpaired) electrons. The summed E-state index contributed by atoms with van der Waals surface area (Å²) < 4.78 is 16.7. The van der Waals surface area contributed by atoms with Crippen LogP contribution < -0.4 is 14.2 Å². The normalized spacial score (nSPS) is 10.9. The van der Waals surface area contributed by atoms with E-state index in [4.69, 9.17) is 14.2 Å². The van der Waals surface area contributed by atoms with Crippen molar-refractivity contribution in [1.82, 2.24) is 0 Å². The van der Waals surface area contributed by atoms with E-state index < -0.39 is 11.9 Å². The summed E-state index contributed by atoms with van der Waals surface area (Å²) in [6, 6.07) is 10.5. The smallest absolute Gasteiger partial charge is 0.347 e. The first-order valence-electron chi connectivity index (χ1n) is 14.7. The number of esters is 2. The Kier molecular flexibility index (Phi) is 12.1. The number of benzene rings is 3. The van der Waals surface area contributed by atoms with Gasteiger partial charge in [-0.1, -0.05) is 52.9 Å². The van der Waals surface area contributed by atoms with Crippen molar-refractivity contribution in [3.05, 3.63) is 70.3 Å². The second kappa shape index (κ2) is 15.7. The maximum atomic E-state index is 13.3. The molecule has 3 aromatic carbocycles. The molecule has 0 aromatic heterocycles. The van der Waals surface area contributed by atoms with Gasteiger partial charge in [-0.05, 0) is 73.1 Å². The van der Waals surface area contributed by atoms with Gasteiger partial charge in [0.2, 0.25) is 0 Å². The molecule has 8 heteroatoms. The second-order valence-electron chi connectivity index (χ2n) is 10.4. The van der Waals surface area contributed by atoms with Crippen LogP contribution in [0.15, 0.2) is 42.5 Å². The van der Waals surface area contributed by atoms with Gasteiger partial charge in [0.05, 0.1) is 7.11 Å². The third-order valence-corrected chi connectivity index (χ3v) is 7.00. The fourth-order valence-electron chi connectivity index (χ4n) is 4.93. The van der Waals surface area contributed by atoms with Crippen molar-refractivity contribution < 1.29 is 39.1 Å². The molecule has 0 aliphatic rings. The zero-order valence-electron chi connectivity index (χ0n) is 25.0. The first-order chi connectivity index (χ1) is 20.2. The molecule has 0 saturated carbocycles. The van der Waals surface area contributed by atoms with E-state index in [1.54, 1.807) is 18.2 Å². The number of methoxy groups -OCH3 is 1. The zero-order chi connectivity index (χ0) is 30.6. The molecule has 0 unspecified atom stereocenters. The van der Waals surface area contributed by atoms with E-state index in [2.05, 4.69) is 13.8 Å². The molecule has 0 amide bonds. The number of carbonyl (C=O) groups excluding carboxylic acids is 2. The lowest BCUT2D eigenvalue weighted by Crippen LogP contribution is -2.14. The Morgan fingerprint density at radius 2 is 1.14 bits per heavy atom. The fraction of sp³-hybridized carbons (Fsp3) is 0.412. The molecule has 3 N–H and O–H groups in total. The number of unbranched alkanes of at least 4 members (excludes halogenated alkanes) is 4. The van der Waals surface area contributed by atoms with Crippen LogP contribution in [0.5, 0.6) is 34.5 Å². The van der Waals surface area contributed by atoms with Gasteiger partial charge in [0, 0.05) is 18.2 Å². The summed E-state index contributed by atoms with van der Waals surface area (Å²) in [5.74, 6) is -1.51. The summed E-state index contributed by atoms with van der Waals surface area (Å²) in [6.45, 7) is 6.13. The molecule has 42 heavy (non-hydrogen) atoms. The number of aryl methyl sites for hydroxylation is 3. The molecule has 0 aliphatic heterocycles. The quantitative estimate of drug-likeness (QED) is 0.0954. The van der Waals surface area contributed by atoms with E-state index in [0.29, 0.717) is 36.1 Å². The van der Waals surface area contributed by atoms with Gasteiger partial charge < -0.3 is 29.5 Å². The molecule has 8 nitrogen and oxygen atoms in total. The highest BCUT2D eigenvalue weighted by Gasteiger charge is 2.23. The molecular formula is C34H42O8. The third kappa shape index (κ3) is 8.65. The largest absolute Gasteiger partial charge is 0.508 e. The first-order valence-corrected chi connectivity index (χ1v) is 14.7. The average molecular weight is 579 g/mol. The van der Waals surface area contributed by atoms with Crippen LogP contribution >= 0.6 is 0 Å². The summed E-state index contributed by atoms with van der Waals surface area (Å²) >= 11 is 0. The molecule has 0 heterocycles. The molecule has 3 aromatic rings. The summed E-state index contributed by atoms with van der Waals surface area (Å²) in [6.07, 6.45) is 8.05. The van der Waals surface area contributed by atoms with Crippen molar-refractivity contribution >= 4 is 11.9 Å². The van der Waals surface area contributed by atoms with Crippen molar-refractivity contribution in [2.75, 3.05) is 7.11 Å². The Morgan fingerprint density at radius 3 is 1.69 bits per heavy atom. The Balaban J connectivity index is 1.95. The van der Waals surface area contributed by atoms with Gasteiger partial charge in [-0.2, -0.15) is 0 Å². The molecular weight excluding hydrogens is 536 g/mol. The minimum absolute atomic E-state index is 0.00815. The topological polar surface area (TPSA) is 123 Å². The fourth-order valence-corrected chi connectivity index (χ4v) is 4.93. The standard InChI is InChI=1S/C34H42O8/c1-5-8-10-13-22-15-27(41-33(38)31-23(12-7-3)18-26(40-4)21-30(31)37)20-28(16-22)42-34(39)32-24(14-11-9-6-2)17-25(35)19-29(32)36/h15-21,35-37H,5-14H2,1-4H3. The van der Waals surface area contributed by atoms with Gasteiger partial charge in [0.1, 0.15) is 45.6 Å². The lowest BCUT2D eigenvalue weighted by molar-refractivity contribution is 0.0729. The summed E-state index contributed by atoms with van der Waals surface area (Å²) in [5.41, 5.74) is 1.95. The van der Waals surface area contributed by atoms with Crippen molar-refractivity contribution in [3.8, 4) is 34.5 Å². The second-order valence-corrected chi connectivity index (χ2v) is 10.4. The minimum Gasteiger partial charge on any atom is -0.508 e. The summed E-state index contributed by atoms with van der Waals surface area (Å²) in [7, 11) is 1.49. The molecule has 0 spiro atoms. The molecule has 0 atom stereocenters. The van der Waals surface area contributed by atoms with Crippen molar-refractivity contribution in [3.63, 3.8) is 0 Å². The van der Waals surface area contributed by atoms with E-state index >= 15 is 0 Å². The third-order valence-electron chi connectivity index (χ3n) is 7.00. The van der Waals surface area contributed by atoms with E-state index in [1.807, 2.05) is 6.92 Å². The van der Waals surface area contributed by atoms with Crippen LogP contribution in [0.2, 0.25) is 0 Å². The van der Waals surface area contributed by atoms with Gasteiger partial charge >= 0.3 is 11.9 Å². The Hall–Kier alpha value is -4.20. The highest BCUT2D eigenvalue weighted by molar-refractivity contribution is 5.97. The summed E-state index contributed by atoms with van der Waals surface area (Å²) in [4.78, 5) is 26.6. The number of rotatable bonds is 15. The average Bonchev–Trinajstić information content (AvgIpc) is 2.92. The van der Waals surface area contributed by atoms with E-state index in [9.17, 15) is 24.9 Å². The van der Waals surface area contributed by atoms with Crippen molar-refractivity contribution in [2.24, 2.45) is 0 Å². The molecule has 0 saturated heterocycles. The molecule has 0 bridgehead atoms. The number of carbonyl (C=O) groups is 2. The zero-order valence-corrected chi connectivity index (χ0v) is 25.0. The van der Waals surface area contributed by atoms with Gasteiger partial charge in [0.15, 0.2) is 0 Å². The van der Waals surface area contributed by atoms with Gasteiger partial charge in [-0.15, -0.1) is 0 Å². The highest BCUT2D eigenvalue weighted by atomic mass is 16.5. The number of phenols is 3. The van der Waals surface area contributed by atoms with Crippen LogP contribution in [0.4, 0.5) is 0 Å². The number of phenolic OH excluding ortho intramolecular Hbond substituents is 3.